The summed E-state index contributed by atoms with van der Waals surface area (Å²) < 4.78 is 0. The molecule has 0 fully saturated rings. The van der Waals surface area contributed by atoms with Crippen molar-refractivity contribution >= 4 is 22.5 Å². The van der Waals surface area contributed by atoms with Crippen molar-refractivity contribution in [3.63, 3.8) is 0 Å². The molecule has 3 N–H and O–H groups in total. The maximum Gasteiger partial charge on any atom is 0.189 e. The average molecular weight is 297 g/mol. The number of nitrogens with one attached hydrogen (secondary N) is 1. The number of halogens is 1. The van der Waals surface area contributed by atoms with Crippen molar-refractivity contribution in [2.45, 2.75) is 6.54 Å². The van der Waals surface area contributed by atoms with Crippen molar-refractivity contribution in [3.05, 3.63) is 45.2 Å². The summed E-state index contributed by atoms with van der Waals surface area (Å²) in [4.78, 5) is 17.1. The summed E-state index contributed by atoms with van der Waals surface area (Å²) in [5.74, 6) is 0. The fourth-order valence-corrected chi connectivity index (χ4v) is 2.39. The van der Waals surface area contributed by atoms with Gasteiger partial charge in [0.05, 0.1) is 23.8 Å². The highest BCUT2D eigenvalue weighted by Gasteiger charge is 2.09. The standard InChI is InChI=1S/C14H17ClN2O3/c15-12-3-1-2-11-13(20)8-10(16-14(11)12)9-17(4-6-18)5-7-19/h1-3,8,18-19H,4-7,9H2,(H,16,20). The second-order valence-electron chi connectivity index (χ2n) is 4.54. The molecule has 20 heavy (non-hydrogen) atoms. The van der Waals surface area contributed by atoms with Gasteiger partial charge in [0.15, 0.2) is 5.43 Å². The Hall–Kier alpha value is -1.40. The van der Waals surface area contributed by atoms with Crippen molar-refractivity contribution < 1.29 is 10.2 Å². The molecule has 0 radical (unpaired) electrons. The first-order valence-electron chi connectivity index (χ1n) is 6.40. The Morgan fingerprint density at radius 3 is 2.55 bits per heavy atom. The number of fused-ring (bicyclic) bond motifs is 1. The molecule has 0 aliphatic rings. The Bertz CT molecular complexity index is 636. The molecule has 2 aromatic rings. The van der Waals surface area contributed by atoms with Crippen LogP contribution in [-0.2, 0) is 6.54 Å². The van der Waals surface area contributed by atoms with Gasteiger partial charge in [-0.3, -0.25) is 9.69 Å². The first-order valence-corrected chi connectivity index (χ1v) is 6.78. The number of hydrogen-bond donors (Lipinski definition) is 3. The summed E-state index contributed by atoms with van der Waals surface area (Å²) in [5, 5.41) is 19.0. The highest BCUT2D eigenvalue weighted by atomic mass is 35.5. The van der Waals surface area contributed by atoms with E-state index in [0.29, 0.717) is 41.3 Å². The molecule has 0 bridgehead atoms. The fraction of sp³-hybridized carbons (Fsp3) is 0.357. The molecule has 0 spiro atoms. The number of rotatable bonds is 6. The third kappa shape index (κ3) is 3.37. The molecule has 2 rings (SSSR count). The van der Waals surface area contributed by atoms with Gasteiger partial charge in [-0.25, -0.2) is 0 Å². The number of aliphatic hydroxyl groups excluding tert-OH is 2. The molecule has 1 aromatic carbocycles. The molecule has 0 saturated carbocycles. The SMILES string of the molecule is O=c1cc(CN(CCO)CCO)[nH]c2c(Cl)cccc12. The van der Waals surface area contributed by atoms with Crippen LogP contribution in [0.5, 0.6) is 0 Å². The highest BCUT2D eigenvalue weighted by molar-refractivity contribution is 6.35. The minimum absolute atomic E-state index is 0.00142. The zero-order chi connectivity index (χ0) is 14.5. The molecule has 0 saturated heterocycles. The summed E-state index contributed by atoms with van der Waals surface area (Å²) >= 11 is 6.10. The monoisotopic (exact) mass is 296 g/mol. The first-order chi connectivity index (χ1) is 9.65. The van der Waals surface area contributed by atoms with E-state index in [1.165, 1.54) is 6.07 Å². The number of aromatic amines is 1. The second-order valence-corrected chi connectivity index (χ2v) is 4.95. The molecule has 1 heterocycles. The van der Waals surface area contributed by atoms with Crippen molar-refractivity contribution in [3.8, 4) is 0 Å². The maximum absolute atomic E-state index is 12.1. The third-order valence-corrected chi connectivity index (χ3v) is 3.41. The maximum atomic E-state index is 12.1. The van der Waals surface area contributed by atoms with E-state index in [-0.39, 0.29) is 18.6 Å². The zero-order valence-electron chi connectivity index (χ0n) is 11.0. The number of hydrogen-bond acceptors (Lipinski definition) is 4. The van der Waals surface area contributed by atoms with Crippen LogP contribution in [-0.4, -0.2) is 46.4 Å². The molecule has 0 atom stereocenters. The van der Waals surface area contributed by atoms with E-state index in [1.807, 2.05) is 4.90 Å². The van der Waals surface area contributed by atoms with Gasteiger partial charge in [-0.1, -0.05) is 17.7 Å². The lowest BCUT2D eigenvalue weighted by atomic mass is 10.2. The molecule has 0 aliphatic heterocycles. The Balaban J connectivity index is 2.35. The van der Waals surface area contributed by atoms with Crippen LogP contribution in [0.3, 0.4) is 0 Å². The van der Waals surface area contributed by atoms with Crippen LogP contribution in [0.25, 0.3) is 10.9 Å². The smallest absolute Gasteiger partial charge is 0.189 e. The number of nitrogens with zero attached hydrogens (tertiary/aromatic N) is 1. The molecular weight excluding hydrogens is 280 g/mol. The molecule has 0 aliphatic carbocycles. The van der Waals surface area contributed by atoms with E-state index in [4.69, 9.17) is 21.8 Å². The van der Waals surface area contributed by atoms with Gasteiger partial charge in [-0.05, 0) is 12.1 Å². The van der Waals surface area contributed by atoms with E-state index in [9.17, 15) is 4.79 Å². The van der Waals surface area contributed by atoms with Gasteiger partial charge in [0.2, 0.25) is 0 Å². The Morgan fingerprint density at radius 2 is 1.90 bits per heavy atom. The number of benzene rings is 1. The molecular formula is C14H17ClN2O3. The Kier molecular flexibility index (Phi) is 5.14. The minimum atomic E-state index is -0.0933. The fourth-order valence-electron chi connectivity index (χ4n) is 2.17. The third-order valence-electron chi connectivity index (χ3n) is 3.10. The molecule has 6 heteroatoms. The number of para-hydroxylation sites is 1. The summed E-state index contributed by atoms with van der Waals surface area (Å²) in [5.41, 5.74) is 1.23. The molecule has 1 aromatic heterocycles. The van der Waals surface area contributed by atoms with E-state index < -0.39 is 0 Å². The minimum Gasteiger partial charge on any atom is -0.395 e. The van der Waals surface area contributed by atoms with Crippen LogP contribution >= 0.6 is 11.6 Å². The van der Waals surface area contributed by atoms with Gasteiger partial charge < -0.3 is 15.2 Å². The van der Waals surface area contributed by atoms with E-state index in [2.05, 4.69) is 4.98 Å². The van der Waals surface area contributed by atoms with Crippen molar-refractivity contribution in [2.24, 2.45) is 0 Å². The number of pyridine rings is 1. The normalized spacial score (nSPS) is 11.4. The van der Waals surface area contributed by atoms with Gasteiger partial charge in [0.25, 0.3) is 0 Å². The second kappa shape index (κ2) is 6.85. The summed E-state index contributed by atoms with van der Waals surface area (Å²) in [6.45, 7) is 1.31. The summed E-state index contributed by atoms with van der Waals surface area (Å²) in [6, 6.07) is 6.72. The lowest BCUT2D eigenvalue weighted by molar-refractivity contribution is 0.155. The van der Waals surface area contributed by atoms with Gasteiger partial charge in [0.1, 0.15) is 0 Å². The lowest BCUT2D eigenvalue weighted by Crippen LogP contribution is -2.30. The van der Waals surface area contributed by atoms with Gasteiger partial charge in [-0.2, -0.15) is 0 Å². The molecule has 108 valence electrons. The van der Waals surface area contributed by atoms with Crippen LogP contribution in [0.15, 0.2) is 29.1 Å². The van der Waals surface area contributed by atoms with Crippen LogP contribution in [0, 0.1) is 0 Å². The van der Waals surface area contributed by atoms with Crippen LogP contribution in [0.1, 0.15) is 5.69 Å². The predicted molar refractivity (Wildman–Crippen MR) is 79.0 cm³/mol. The molecule has 0 unspecified atom stereocenters. The predicted octanol–water partition coefficient (Wildman–Crippen LogP) is 0.968. The average Bonchev–Trinajstić information content (AvgIpc) is 2.41. The summed E-state index contributed by atoms with van der Waals surface area (Å²) in [6.07, 6.45) is 0. The van der Waals surface area contributed by atoms with Crippen molar-refractivity contribution in [1.82, 2.24) is 9.88 Å². The van der Waals surface area contributed by atoms with Gasteiger partial charge >= 0.3 is 0 Å². The van der Waals surface area contributed by atoms with Gasteiger partial charge in [0, 0.05) is 36.8 Å². The quantitative estimate of drug-likeness (QED) is 0.742. The van der Waals surface area contributed by atoms with E-state index in [0.717, 1.165) is 0 Å². The van der Waals surface area contributed by atoms with Crippen LogP contribution < -0.4 is 5.43 Å². The van der Waals surface area contributed by atoms with E-state index in [1.54, 1.807) is 18.2 Å². The van der Waals surface area contributed by atoms with Crippen LogP contribution in [0.4, 0.5) is 0 Å². The van der Waals surface area contributed by atoms with Crippen molar-refractivity contribution in [1.29, 1.82) is 0 Å². The highest BCUT2D eigenvalue weighted by Crippen LogP contribution is 2.19. The molecule has 5 nitrogen and oxygen atoms in total. The number of aliphatic hydroxyl groups is 2. The van der Waals surface area contributed by atoms with Crippen LogP contribution in [0.2, 0.25) is 5.02 Å². The lowest BCUT2D eigenvalue weighted by Gasteiger charge is -2.20. The van der Waals surface area contributed by atoms with Crippen molar-refractivity contribution in [2.75, 3.05) is 26.3 Å². The van der Waals surface area contributed by atoms with E-state index >= 15 is 0 Å². The number of H-pyrrole nitrogens is 1. The van der Waals surface area contributed by atoms with Gasteiger partial charge in [-0.15, -0.1) is 0 Å². The number of aromatic nitrogens is 1. The first kappa shape index (κ1) is 15.0. The Morgan fingerprint density at radius 1 is 1.20 bits per heavy atom. The Labute approximate surface area is 121 Å². The topological polar surface area (TPSA) is 76.6 Å². The largest absolute Gasteiger partial charge is 0.395 e. The summed E-state index contributed by atoms with van der Waals surface area (Å²) in [7, 11) is 0. The molecule has 0 amide bonds. The zero-order valence-corrected chi connectivity index (χ0v) is 11.7.